The van der Waals surface area contributed by atoms with E-state index in [0.29, 0.717) is 11.9 Å². The lowest BCUT2D eigenvalue weighted by Crippen LogP contribution is -2.25. The average Bonchev–Trinajstić information content (AvgIpc) is 2.11. The van der Waals surface area contributed by atoms with Crippen molar-refractivity contribution in [1.29, 1.82) is 0 Å². The molecule has 0 aliphatic heterocycles. The van der Waals surface area contributed by atoms with Crippen LogP contribution in [0.4, 0.5) is 0 Å². The first-order valence-corrected chi connectivity index (χ1v) is 5.82. The smallest absolute Gasteiger partial charge is 0.129 e. The largest absolute Gasteiger partial charge is 0.377 e. The van der Waals surface area contributed by atoms with Crippen LogP contribution >= 0.6 is 0 Å². The molecule has 0 radical (unpaired) electrons. The number of likely N-dealkylation sites (N-methyl/N-ethyl adjacent to an activating group) is 1. The second-order valence-electron chi connectivity index (χ2n) is 4.38. The van der Waals surface area contributed by atoms with E-state index in [9.17, 15) is 4.79 Å². The van der Waals surface area contributed by atoms with E-state index < -0.39 is 0 Å². The van der Waals surface area contributed by atoms with E-state index in [2.05, 4.69) is 11.9 Å². The van der Waals surface area contributed by atoms with Gasteiger partial charge in [0.15, 0.2) is 0 Å². The monoisotopic (exact) mass is 215 g/mol. The molecule has 0 rings (SSSR count). The predicted octanol–water partition coefficient (Wildman–Crippen LogP) is 2.10. The molecular weight excluding hydrogens is 190 g/mol. The van der Waals surface area contributed by atoms with Gasteiger partial charge in [-0.25, -0.2) is 0 Å². The van der Waals surface area contributed by atoms with Gasteiger partial charge in [-0.05, 0) is 47.2 Å². The third-order valence-electron chi connectivity index (χ3n) is 2.24. The van der Waals surface area contributed by atoms with Crippen LogP contribution in [-0.2, 0) is 9.53 Å². The van der Waals surface area contributed by atoms with Gasteiger partial charge in [0.2, 0.25) is 0 Å². The molecule has 0 bridgehead atoms. The van der Waals surface area contributed by atoms with Crippen LogP contribution in [-0.4, -0.2) is 43.5 Å². The van der Waals surface area contributed by atoms with Crippen molar-refractivity contribution in [3.63, 3.8) is 0 Å². The highest BCUT2D eigenvalue weighted by molar-refractivity contribution is 5.75. The molecule has 0 atom stereocenters. The van der Waals surface area contributed by atoms with E-state index >= 15 is 0 Å². The number of hydrogen-bond acceptors (Lipinski definition) is 3. The summed E-state index contributed by atoms with van der Waals surface area (Å²) in [5, 5.41) is 0. The fraction of sp³-hybridized carbons (Fsp3) is 0.917. The Morgan fingerprint density at radius 3 is 2.47 bits per heavy atom. The van der Waals surface area contributed by atoms with Crippen LogP contribution in [0.2, 0.25) is 0 Å². The van der Waals surface area contributed by atoms with Crippen molar-refractivity contribution in [2.45, 2.75) is 46.1 Å². The molecule has 0 saturated carbocycles. The summed E-state index contributed by atoms with van der Waals surface area (Å²) in [4.78, 5) is 13.0. The van der Waals surface area contributed by atoms with Crippen LogP contribution in [0.1, 0.15) is 40.0 Å². The third kappa shape index (κ3) is 11.5. The molecule has 0 aromatic carbocycles. The zero-order chi connectivity index (χ0) is 11.7. The highest BCUT2D eigenvalue weighted by Crippen LogP contribution is 1.98. The van der Waals surface area contributed by atoms with Crippen molar-refractivity contribution in [3.8, 4) is 0 Å². The van der Waals surface area contributed by atoms with Crippen molar-refractivity contribution < 1.29 is 9.53 Å². The van der Waals surface area contributed by atoms with E-state index in [4.69, 9.17) is 4.74 Å². The van der Waals surface area contributed by atoms with Gasteiger partial charge < -0.3 is 14.4 Å². The number of ketones is 1. The van der Waals surface area contributed by atoms with E-state index in [1.54, 1.807) is 6.92 Å². The minimum absolute atomic E-state index is 0.292. The first-order chi connectivity index (χ1) is 7.02. The molecule has 0 unspecified atom stereocenters. The predicted molar refractivity (Wildman–Crippen MR) is 63.1 cm³/mol. The number of unbranched alkanes of at least 4 members (excludes halogenated alkanes) is 1. The van der Waals surface area contributed by atoms with Gasteiger partial charge in [-0.2, -0.15) is 0 Å². The number of ether oxygens (including phenoxy) is 1. The highest BCUT2D eigenvalue weighted by atomic mass is 16.5. The molecule has 0 aromatic heterocycles. The first-order valence-electron chi connectivity index (χ1n) is 5.82. The maximum Gasteiger partial charge on any atom is 0.129 e. The second kappa shape index (κ2) is 8.86. The van der Waals surface area contributed by atoms with Gasteiger partial charge in [0.25, 0.3) is 0 Å². The molecule has 0 fully saturated rings. The summed E-state index contributed by atoms with van der Waals surface area (Å²) in [6.07, 6.45) is 3.13. The van der Waals surface area contributed by atoms with Crippen LogP contribution in [0.25, 0.3) is 0 Å². The Bertz CT molecular complexity index is 169. The number of hydrogen-bond donors (Lipinski definition) is 0. The van der Waals surface area contributed by atoms with Gasteiger partial charge in [-0.1, -0.05) is 0 Å². The zero-order valence-electron chi connectivity index (χ0n) is 10.6. The Kier molecular flexibility index (Phi) is 8.62. The number of carbonyl (C=O) groups excluding carboxylic acids is 1. The minimum Gasteiger partial charge on any atom is -0.377 e. The van der Waals surface area contributed by atoms with Crippen LogP contribution in [0, 0.1) is 0 Å². The third-order valence-corrected chi connectivity index (χ3v) is 2.24. The van der Waals surface area contributed by atoms with Crippen LogP contribution in [0.3, 0.4) is 0 Å². The van der Waals surface area contributed by atoms with E-state index in [1.165, 1.54) is 0 Å². The molecule has 0 heterocycles. The van der Waals surface area contributed by atoms with Gasteiger partial charge in [-0.15, -0.1) is 0 Å². The molecule has 0 aliphatic rings. The van der Waals surface area contributed by atoms with Crippen molar-refractivity contribution in [2.75, 3.05) is 26.7 Å². The Morgan fingerprint density at radius 1 is 1.27 bits per heavy atom. The van der Waals surface area contributed by atoms with Gasteiger partial charge in [0.1, 0.15) is 5.78 Å². The normalized spacial score (nSPS) is 11.3. The highest BCUT2D eigenvalue weighted by Gasteiger charge is 2.00. The lowest BCUT2D eigenvalue weighted by molar-refractivity contribution is -0.117. The molecule has 0 saturated heterocycles. The van der Waals surface area contributed by atoms with Crippen molar-refractivity contribution in [3.05, 3.63) is 0 Å². The quantitative estimate of drug-likeness (QED) is 0.552. The molecule has 3 heteroatoms. The summed E-state index contributed by atoms with van der Waals surface area (Å²) >= 11 is 0. The Labute approximate surface area is 93.8 Å². The molecule has 0 spiro atoms. The summed E-state index contributed by atoms with van der Waals surface area (Å²) in [6.45, 7) is 8.56. The molecule has 15 heavy (non-hydrogen) atoms. The van der Waals surface area contributed by atoms with Crippen molar-refractivity contribution in [1.82, 2.24) is 4.90 Å². The summed E-state index contributed by atoms with van der Waals surface area (Å²) in [5.41, 5.74) is 0. The van der Waals surface area contributed by atoms with Gasteiger partial charge >= 0.3 is 0 Å². The van der Waals surface area contributed by atoms with Crippen molar-refractivity contribution in [2.24, 2.45) is 0 Å². The Balaban J connectivity index is 3.25. The molecule has 0 aromatic rings. The number of carbonyl (C=O) groups is 1. The molecular formula is C12H25NO2. The number of Topliss-reactive ketones (excluding diaryl/α,β-unsaturated/α-hetero) is 1. The first kappa shape index (κ1) is 14.6. The molecule has 0 amide bonds. The fourth-order valence-corrected chi connectivity index (χ4v) is 1.31. The van der Waals surface area contributed by atoms with E-state index in [1.807, 2.05) is 13.8 Å². The van der Waals surface area contributed by atoms with E-state index in [-0.39, 0.29) is 0 Å². The SMILES string of the molecule is CC(=O)CCCCN(C)CCOC(C)C. The molecule has 0 aliphatic carbocycles. The van der Waals surface area contributed by atoms with Crippen LogP contribution in [0.15, 0.2) is 0 Å². The zero-order valence-corrected chi connectivity index (χ0v) is 10.6. The topological polar surface area (TPSA) is 29.5 Å². The number of rotatable bonds is 9. The lowest BCUT2D eigenvalue weighted by atomic mass is 10.2. The van der Waals surface area contributed by atoms with Crippen LogP contribution < -0.4 is 0 Å². The standard InChI is InChI=1S/C12H25NO2/c1-11(2)15-10-9-13(4)8-6-5-7-12(3)14/h11H,5-10H2,1-4H3. The maximum atomic E-state index is 10.7. The van der Waals surface area contributed by atoms with Crippen LogP contribution in [0.5, 0.6) is 0 Å². The summed E-state index contributed by atoms with van der Waals surface area (Å²) in [7, 11) is 2.09. The lowest BCUT2D eigenvalue weighted by Gasteiger charge is -2.17. The van der Waals surface area contributed by atoms with Gasteiger partial charge in [0.05, 0.1) is 12.7 Å². The maximum absolute atomic E-state index is 10.7. The summed E-state index contributed by atoms with van der Waals surface area (Å²) in [6, 6.07) is 0. The molecule has 90 valence electrons. The second-order valence-corrected chi connectivity index (χ2v) is 4.38. The fourth-order valence-electron chi connectivity index (χ4n) is 1.31. The molecule has 3 nitrogen and oxygen atoms in total. The van der Waals surface area contributed by atoms with Gasteiger partial charge in [-0.3, -0.25) is 0 Å². The van der Waals surface area contributed by atoms with E-state index in [0.717, 1.165) is 39.0 Å². The summed E-state index contributed by atoms with van der Waals surface area (Å²) in [5.74, 6) is 0.292. The average molecular weight is 215 g/mol. The molecule has 0 N–H and O–H groups in total. The number of nitrogens with zero attached hydrogens (tertiary/aromatic N) is 1. The van der Waals surface area contributed by atoms with Crippen molar-refractivity contribution >= 4 is 5.78 Å². The minimum atomic E-state index is 0.292. The Morgan fingerprint density at radius 2 is 1.93 bits per heavy atom. The van der Waals surface area contributed by atoms with Gasteiger partial charge in [0, 0.05) is 13.0 Å². The summed E-state index contributed by atoms with van der Waals surface area (Å²) < 4.78 is 5.46. The Hall–Kier alpha value is -0.410.